The van der Waals surface area contributed by atoms with Gasteiger partial charge in [-0.05, 0) is 46.6 Å². The summed E-state index contributed by atoms with van der Waals surface area (Å²) in [6, 6.07) is 28.5. The summed E-state index contributed by atoms with van der Waals surface area (Å²) in [6.07, 6.45) is 9.79. The van der Waals surface area contributed by atoms with Crippen molar-refractivity contribution in [2.75, 3.05) is 0 Å². The van der Waals surface area contributed by atoms with Crippen LogP contribution in [-0.2, 0) is 0 Å². The minimum absolute atomic E-state index is 0.121. The Hall–Kier alpha value is -8.16. The maximum atomic E-state index is 9.76. The van der Waals surface area contributed by atoms with Crippen molar-refractivity contribution in [3.63, 3.8) is 0 Å². The standard InChI is InChI=1S/C38H14N8/c39-17-31(18-40)35(27-5-1-2-6-27)37(33(21-43)22-44)29-13-9-25(10-14-29)26-11-15-30(16-12-26)38(34(23-45)24-46)36(32(19-41)20-42)28-7-3-4-8-28/h1-5,7,9-16H. The molecule has 0 bridgehead atoms. The largest absolute Gasteiger partial charge is 0.192 e. The molecule has 0 N–H and O–H groups in total. The maximum absolute atomic E-state index is 9.76. The highest BCUT2D eigenvalue weighted by atomic mass is 14.4. The minimum Gasteiger partial charge on any atom is -0.192 e. The molecule has 0 aromatic heterocycles. The molecule has 206 valence electrons. The van der Waals surface area contributed by atoms with Crippen molar-refractivity contribution in [3.8, 4) is 59.7 Å². The summed E-state index contributed by atoms with van der Waals surface area (Å²) in [4.78, 5) is 0. The Labute approximate surface area is 264 Å². The van der Waals surface area contributed by atoms with Crippen molar-refractivity contribution in [3.05, 3.63) is 152 Å². The monoisotopic (exact) mass is 582 g/mol. The van der Waals surface area contributed by atoms with E-state index < -0.39 is 0 Å². The molecule has 8 nitrogen and oxygen atoms in total. The molecule has 0 saturated heterocycles. The van der Waals surface area contributed by atoms with Gasteiger partial charge >= 0.3 is 0 Å². The highest BCUT2D eigenvalue weighted by Gasteiger charge is 2.24. The van der Waals surface area contributed by atoms with Crippen LogP contribution in [0.3, 0.4) is 0 Å². The molecule has 2 aliphatic rings. The van der Waals surface area contributed by atoms with Crippen molar-refractivity contribution in [1.82, 2.24) is 0 Å². The molecule has 0 heterocycles. The Morgan fingerprint density at radius 1 is 0.391 bits per heavy atom. The second-order valence-electron chi connectivity index (χ2n) is 9.22. The third-order valence-corrected chi connectivity index (χ3v) is 6.81. The lowest BCUT2D eigenvalue weighted by molar-refractivity contribution is 1.40. The Balaban J connectivity index is 1.84. The average molecular weight is 583 g/mol. The van der Waals surface area contributed by atoms with Crippen LogP contribution in [-0.4, -0.2) is 0 Å². The van der Waals surface area contributed by atoms with E-state index in [1.807, 2.05) is 48.6 Å². The van der Waals surface area contributed by atoms with Crippen molar-refractivity contribution in [1.29, 1.82) is 42.1 Å². The molecular formula is C38H14N8. The van der Waals surface area contributed by atoms with Gasteiger partial charge < -0.3 is 0 Å². The van der Waals surface area contributed by atoms with Crippen LogP contribution in [0.5, 0.6) is 0 Å². The number of hydrogen-bond donors (Lipinski definition) is 0. The summed E-state index contributed by atoms with van der Waals surface area (Å²) in [7, 11) is 0. The smallest absolute Gasteiger partial charge is 0.138 e. The molecule has 0 saturated carbocycles. The first-order valence-corrected chi connectivity index (χ1v) is 13.2. The molecule has 4 rings (SSSR count). The molecule has 0 fully saturated rings. The molecule has 2 aromatic rings. The second kappa shape index (κ2) is 14.1. The van der Waals surface area contributed by atoms with Gasteiger partial charge in [0.25, 0.3) is 0 Å². The van der Waals surface area contributed by atoms with Crippen LogP contribution < -0.4 is 0 Å². The Morgan fingerprint density at radius 3 is 0.913 bits per heavy atom. The summed E-state index contributed by atoms with van der Waals surface area (Å²) in [5.74, 6) is 0. The van der Waals surface area contributed by atoms with E-state index in [-0.39, 0.29) is 44.6 Å². The molecule has 0 amide bonds. The van der Waals surface area contributed by atoms with Crippen molar-refractivity contribution >= 4 is 11.1 Å². The number of rotatable bonds is 7. The first kappa shape index (κ1) is 30.8. The molecule has 0 atom stereocenters. The highest BCUT2D eigenvalue weighted by Crippen LogP contribution is 2.38. The summed E-state index contributed by atoms with van der Waals surface area (Å²) in [5, 5.41) is 77.8. The molecule has 0 spiro atoms. The summed E-state index contributed by atoms with van der Waals surface area (Å²) >= 11 is 0. The lowest BCUT2D eigenvalue weighted by Crippen LogP contribution is -2.00. The number of hydrogen-bond acceptors (Lipinski definition) is 8. The third-order valence-electron chi connectivity index (χ3n) is 6.81. The summed E-state index contributed by atoms with van der Waals surface area (Å²) in [6.45, 7) is 0. The van der Waals surface area contributed by atoms with Gasteiger partial charge in [0, 0.05) is 33.4 Å². The zero-order valence-corrected chi connectivity index (χ0v) is 23.7. The van der Waals surface area contributed by atoms with Gasteiger partial charge in [0.2, 0.25) is 0 Å². The van der Waals surface area contributed by atoms with Crippen LogP contribution in [0.4, 0.5) is 0 Å². The van der Waals surface area contributed by atoms with Gasteiger partial charge in [-0.1, -0.05) is 60.7 Å². The Morgan fingerprint density at radius 2 is 0.674 bits per heavy atom. The normalized spacial score (nSPS) is 11.0. The van der Waals surface area contributed by atoms with E-state index in [1.54, 1.807) is 85.0 Å². The Bertz CT molecular complexity index is 2130. The van der Waals surface area contributed by atoms with Crippen LogP contribution in [0.15, 0.2) is 141 Å². The average Bonchev–Trinajstić information content (AvgIpc) is 3.84. The summed E-state index contributed by atoms with van der Waals surface area (Å²) in [5.41, 5.74) is 8.31. The van der Waals surface area contributed by atoms with Crippen LogP contribution >= 0.6 is 0 Å². The van der Waals surface area contributed by atoms with Gasteiger partial charge in [-0.15, -0.1) is 11.5 Å². The number of benzene rings is 2. The molecule has 2 aliphatic carbocycles. The topological polar surface area (TPSA) is 190 Å². The van der Waals surface area contributed by atoms with Gasteiger partial charge in [0.15, 0.2) is 0 Å². The van der Waals surface area contributed by atoms with Gasteiger partial charge in [-0.25, -0.2) is 0 Å². The van der Waals surface area contributed by atoms with E-state index in [2.05, 4.69) is 11.5 Å². The Kier molecular flexibility index (Phi) is 9.47. The van der Waals surface area contributed by atoms with E-state index in [9.17, 15) is 42.1 Å². The lowest BCUT2D eigenvalue weighted by Gasteiger charge is -2.15. The summed E-state index contributed by atoms with van der Waals surface area (Å²) < 4.78 is 0. The number of allylic oxidation sites excluding steroid dienone is 14. The van der Waals surface area contributed by atoms with Gasteiger partial charge in [0.05, 0.1) is 0 Å². The minimum atomic E-state index is -0.283. The van der Waals surface area contributed by atoms with Gasteiger partial charge in [-0.3, -0.25) is 0 Å². The second-order valence-corrected chi connectivity index (χ2v) is 9.22. The predicted molar refractivity (Wildman–Crippen MR) is 166 cm³/mol. The van der Waals surface area contributed by atoms with E-state index in [1.165, 1.54) is 0 Å². The van der Waals surface area contributed by atoms with Crippen molar-refractivity contribution < 1.29 is 0 Å². The zero-order chi connectivity index (χ0) is 33.1. The molecule has 8 heteroatoms. The number of nitriles is 8. The SMILES string of the molecule is N#CC(C#N)=C(C1=C=CC=C1)C(=C(C#N)C#N)c1ccc(-c2ccc(C(=C(C#N)C#N)C(C3=C=CC=C3)=C(C#N)C#N)cc2)cc1. The fourth-order valence-corrected chi connectivity index (χ4v) is 4.79. The van der Waals surface area contributed by atoms with E-state index >= 15 is 0 Å². The fraction of sp³-hybridized carbons (Fsp3) is 0. The first-order valence-electron chi connectivity index (χ1n) is 13.2. The van der Waals surface area contributed by atoms with Gasteiger partial charge in [-0.2, -0.15) is 42.1 Å². The molecule has 0 radical (unpaired) electrons. The van der Waals surface area contributed by atoms with Crippen molar-refractivity contribution in [2.24, 2.45) is 0 Å². The van der Waals surface area contributed by atoms with Crippen molar-refractivity contribution in [2.45, 2.75) is 0 Å². The van der Waals surface area contributed by atoms with Crippen LogP contribution in [0.1, 0.15) is 11.1 Å². The molecule has 2 aromatic carbocycles. The quantitative estimate of drug-likeness (QED) is 0.190. The van der Waals surface area contributed by atoms with Gasteiger partial charge in [0.1, 0.15) is 70.8 Å². The van der Waals surface area contributed by atoms with E-state index in [0.717, 1.165) is 11.1 Å². The fourth-order valence-electron chi connectivity index (χ4n) is 4.79. The molecule has 0 unspecified atom stereocenters. The van der Waals surface area contributed by atoms with E-state index in [0.29, 0.717) is 22.3 Å². The number of nitrogens with zero attached hydrogens (tertiary/aromatic N) is 8. The lowest BCUT2D eigenvalue weighted by atomic mass is 9.85. The van der Waals surface area contributed by atoms with E-state index in [4.69, 9.17) is 0 Å². The molecular weight excluding hydrogens is 568 g/mol. The van der Waals surface area contributed by atoms with Crippen LogP contribution in [0, 0.1) is 90.6 Å². The maximum Gasteiger partial charge on any atom is 0.138 e. The first-order chi connectivity index (χ1) is 22.5. The third kappa shape index (κ3) is 5.90. The predicted octanol–water partition coefficient (Wildman–Crippen LogP) is 6.95. The van der Waals surface area contributed by atoms with Crippen LogP contribution in [0.25, 0.3) is 22.3 Å². The molecule has 0 aliphatic heterocycles. The molecule has 46 heavy (non-hydrogen) atoms. The zero-order valence-electron chi connectivity index (χ0n) is 23.7. The highest BCUT2D eigenvalue weighted by molar-refractivity contribution is 5.94. The van der Waals surface area contributed by atoms with Crippen LogP contribution in [0.2, 0.25) is 0 Å².